The summed E-state index contributed by atoms with van der Waals surface area (Å²) in [6.07, 6.45) is 3.98. The Kier molecular flexibility index (Phi) is 6.62. The number of carbonyl (C=O) groups is 1. The van der Waals surface area contributed by atoms with Crippen LogP contribution in [0, 0.1) is 6.92 Å². The third-order valence-corrected chi connectivity index (χ3v) is 4.13. The molecule has 0 bridgehead atoms. The Morgan fingerprint density at radius 2 is 1.86 bits per heavy atom. The number of rotatable bonds is 7. The number of carbonyl (C=O) groups excluding carboxylic acids is 1. The molecule has 0 aromatic heterocycles. The highest BCUT2D eigenvalue weighted by atomic mass is 32.2. The number of allylic oxidation sites excluding steroid dienone is 1. The summed E-state index contributed by atoms with van der Waals surface area (Å²) in [5.74, 6) is -0.0868. The molecule has 0 aliphatic rings. The maximum absolute atomic E-state index is 11.8. The summed E-state index contributed by atoms with van der Waals surface area (Å²) in [6.45, 7) is 4.39. The molecule has 0 unspecified atom stereocenters. The van der Waals surface area contributed by atoms with Gasteiger partial charge in [-0.05, 0) is 30.9 Å². The lowest BCUT2D eigenvalue weighted by Crippen LogP contribution is -2.24. The van der Waals surface area contributed by atoms with E-state index in [4.69, 9.17) is 0 Å². The Hall–Kier alpha value is -1.62. The van der Waals surface area contributed by atoms with Crippen LogP contribution in [-0.2, 0) is 14.6 Å². The monoisotopic (exact) mass is 309 g/mol. The number of nitrogens with one attached hydrogen (secondary N) is 1. The fourth-order valence-electron chi connectivity index (χ4n) is 1.91. The standard InChI is InChI=1S/C16H23NO3S/c1-4-14(15-8-6-13(2)7-9-15)12-16(18)17-10-5-11-21(3,19)20/h6-9,12H,4-5,10-11H2,1-3H3,(H,17,18)/b14-12-. The summed E-state index contributed by atoms with van der Waals surface area (Å²) in [4.78, 5) is 11.8. The minimum absolute atomic E-state index is 0.0928. The van der Waals surface area contributed by atoms with Crippen molar-refractivity contribution in [3.8, 4) is 0 Å². The Morgan fingerprint density at radius 3 is 2.38 bits per heavy atom. The molecule has 1 rings (SSSR count). The Bertz CT molecular complexity index is 601. The van der Waals surface area contributed by atoms with E-state index in [1.165, 1.54) is 11.8 Å². The van der Waals surface area contributed by atoms with E-state index in [1.807, 2.05) is 38.1 Å². The molecule has 0 aliphatic heterocycles. The summed E-state index contributed by atoms with van der Waals surface area (Å²) in [5.41, 5.74) is 3.18. The SMILES string of the molecule is CC/C(=C/C(=O)NCCCS(C)(=O)=O)c1ccc(C)cc1. The van der Waals surface area contributed by atoms with E-state index < -0.39 is 9.84 Å². The van der Waals surface area contributed by atoms with Gasteiger partial charge >= 0.3 is 0 Å². The second kappa shape index (κ2) is 7.98. The Balaban J connectivity index is 2.58. The van der Waals surface area contributed by atoms with Gasteiger partial charge in [0.25, 0.3) is 0 Å². The van der Waals surface area contributed by atoms with Crippen LogP contribution in [0.5, 0.6) is 0 Å². The second-order valence-electron chi connectivity index (χ2n) is 5.16. The molecular weight excluding hydrogens is 286 g/mol. The lowest BCUT2D eigenvalue weighted by Gasteiger charge is -2.07. The van der Waals surface area contributed by atoms with Crippen molar-refractivity contribution in [1.82, 2.24) is 5.32 Å². The first kappa shape index (κ1) is 17.4. The van der Waals surface area contributed by atoms with E-state index in [9.17, 15) is 13.2 Å². The first-order valence-electron chi connectivity index (χ1n) is 7.05. The Labute approximate surface area is 127 Å². The Morgan fingerprint density at radius 1 is 1.24 bits per heavy atom. The molecule has 0 heterocycles. The first-order chi connectivity index (χ1) is 9.81. The van der Waals surface area contributed by atoms with Crippen molar-refractivity contribution in [2.45, 2.75) is 26.7 Å². The van der Waals surface area contributed by atoms with Crippen molar-refractivity contribution in [1.29, 1.82) is 0 Å². The first-order valence-corrected chi connectivity index (χ1v) is 9.11. The number of hydrogen-bond acceptors (Lipinski definition) is 3. The summed E-state index contributed by atoms with van der Waals surface area (Å²) < 4.78 is 22.0. The van der Waals surface area contributed by atoms with Crippen molar-refractivity contribution in [3.05, 3.63) is 41.5 Å². The van der Waals surface area contributed by atoms with Gasteiger partial charge in [0.15, 0.2) is 0 Å². The van der Waals surface area contributed by atoms with Gasteiger partial charge in [-0.2, -0.15) is 0 Å². The van der Waals surface area contributed by atoms with Crippen LogP contribution in [0.1, 0.15) is 30.9 Å². The van der Waals surface area contributed by atoms with Crippen LogP contribution in [0.15, 0.2) is 30.3 Å². The minimum Gasteiger partial charge on any atom is -0.353 e. The van der Waals surface area contributed by atoms with E-state index in [0.29, 0.717) is 13.0 Å². The van der Waals surface area contributed by atoms with Crippen molar-refractivity contribution in [2.24, 2.45) is 0 Å². The van der Waals surface area contributed by atoms with Crippen LogP contribution < -0.4 is 5.32 Å². The van der Waals surface area contributed by atoms with Gasteiger partial charge in [-0.25, -0.2) is 8.42 Å². The number of sulfone groups is 1. The van der Waals surface area contributed by atoms with Gasteiger partial charge in [0, 0.05) is 18.9 Å². The van der Waals surface area contributed by atoms with Crippen molar-refractivity contribution < 1.29 is 13.2 Å². The largest absolute Gasteiger partial charge is 0.353 e. The molecule has 4 nitrogen and oxygen atoms in total. The average Bonchev–Trinajstić information content (AvgIpc) is 2.41. The summed E-state index contributed by atoms with van der Waals surface area (Å²) >= 11 is 0. The minimum atomic E-state index is -2.96. The molecule has 1 aromatic carbocycles. The van der Waals surface area contributed by atoms with Gasteiger partial charge in [0.2, 0.25) is 5.91 Å². The summed E-state index contributed by atoms with van der Waals surface area (Å²) in [7, 11) is -2.96. The van der Waals surface area contributed by atoms with Gasteiger partial charge in [0.05, 0.1) is 5.75 Å². The van der Waals surface area contributed by atoms with E-state index in [-0.39, 0.29) is 11.7 Å². The predicted octanol–water partition coefficient (Wildman–Crippen LogP) is 2.34. The molecule has 5 heteroatoms. The van der Waals surface area contributed by atoms with E-state index >= 15 is 0 Å². The fraction of sp³-hybridized carbons (Fsp3) is 0.438. The van der Waals surface area contributed by atoms with Gasteiger partial charge < -0.3 is 5.32 Å². The normalized spacial score (nSPS) is 12.2. The summed E-state index contributed by atoms with van der Waals surface area (Å²) in [6, 6.07) is 8.04. The molecule has 1 aromatic rings. The molecule has 0 spiro atoms. The lowest BCUT2D eigenvalue weighted by molar-refractivity contribution is -0.116. The fourth-order valence-corrected chi connectivity index (χ4v) is 2.58. The maximum Gasteiger partial charge on any atom is 0.244 e. The molecule has 0 saturated heterocycles. The van der Waals surface area contributed by atoms with Crippen LogP contribution in [0.3, 0.4) is 0 Å². The third-order valence-electron chi connectivity index (χ3n) is 3.10. The third kappa shape index (κ3) is 7.09. The van der Waals surface area contributed by atoms with Crippen LogP contribution in [0.25, 0.3) is 5.57 Å². The highest BCUT2D eigenvalue weighted by Crippen LogP contribution is 2.18. The predicted molar refractivity (Wildman–Crippen MR) is 86.8 cm³/mol. The number of hydrogen-bond donors (Lipinski definition) is 1. The zero-order chi connectivity index (χ0) is 15.9. The van der Waals surface area contributed by atoms with Crippen molar-refractivity contribution in [2.75, 3.05) is 18.6 Å². The number of amides is 1. The highest BCUT2D eigenvalue weighted by Gasteiger charge is 2.05. The molecule has 0 atom stereocenters. The smallest absolute Gasteiger partial charge is 0.244 e. The zero-order valence-corrected chi connectivity index (χ0v) is 13.7. The second-order valence-corrected chi connectivity index (χ2v) is 7.42. The van der Waals surface area contributed by atoms with E-state index in [1.54, 1.807) is 6.08 Å². The maximum atomic E-state index is 11.8. The van der Waals surface area contributed by atoms with Gasteiger partial charge in [-0.15, -0.1) is 0 Å². The molecule has 0 fully saturated rings. The zero-order valence-electron chi connectivity index (χ0n) is 12.8. The summed E-state index contributed by atoms with van der Waals surface area (Å²) in [5, 5.41) is 2.72. The molecule has 116 valence electrons. The van der Waals surface area contributed by atoms with Crippen LogP contribution >= 0.6 is 0 Å². The van der Waals surface area contributed by atoms with Crippen LogP contribution in [-0.4, -0.2) is 32.9 Å². The molecule has 0 saturated carbocycles. The lowest BCUT2D eigenvalue weighted by atomic mass is 10.0. The molecular formula is C16H23NO3S. The highest BCUT2D eigenvalue weighted by molar-refractivity contribution is 7.90. The molecule has 21 heavy (non-hydrogen) atoms. The van der Waals surface area contributed by atoms with E-state index in [2.05, 4.69) is 5.32 Å². The van der Waals surface area contributed by atoms with Crippen LogP contribution in [0.2, 0.25) is 0 Å². The quantitative estimate of drug-likeness (QED) is 0.621. The molecule has 0 aliphatic carbocycles. The topological polar surface area (TPSA) is 63.2 Å². The molecule has 1 amide bonds. The molecule has 0 radical (unpaired) electrons. The van der Waals surface area contributed by atoms with Gasteiger partial charge in [0.1, 0.15) is 9.84 Å². The molecule has 1 N–H and O–H groups in total. The van der Waals surface area contributed by atoms with Crippen LogP contribution in [0.4, 0.5) is 0 Å². The van der Waals surface area contributed by atoms with E-state index in [0.717, 1.165) is 17.6 Å². The average molecular weight is 309 g/mol. The van der Waals surface area contributed by atoms with Crippen molar-refractivity contribution >= 4 is 21.3 Å². The van der Waals surface area contributed by atoms with Gasteiger partial charge in [-0.3, -0.25) is 4.79 Å². The number of benzene rings is 1. The van der Waals surface area contributed by atoms with Crippen molar-refractivity contribution in [3.63, 3.8) is 0 Å². The number of aryl methyl sites for hydroxylation is 1. The van der Waals surface area contributed by atoms with Gasteiger partial charge in [-0.1, -0.05) is 36.8 Å².